The zero-order chi connectivity index (χ0) is 24.8. The van der Waals surface area contributed by atoms with Crippen molar-refractivity contribution in [1.29, 1.82) is 0 Å². The van der Waals surface area contributed by atoms with Crippen LogP contribution in [-0.2, 0) is 21.0 Å². The predicted octanol–water partition coefficient (Wildman–Crippen LogP) is 1.53. The third-order valence-corrected chi connectivity index (χ3v) is 5.42. The quantitative estimate of drug-likeness (QED) is 0.334. The first kappa shape index (κ1) is 24.7. The van der Waals surface area contributed by atoms with E-state index < -0.39 is 29.6 Å². The highest BCUT2D eigenvalue weighted by atomic mass is 16.7. The van der Waals surface area contributed by atoms with Crippen LogP contribution in [0.15, 0.2) is 33.5 Å². The summed E-state index contributed by atoms with van der Waals surface area (Å²) in [6.07, 6.45) is -0.960. The Morgan fingerprint density at radius 3 is 2.38 bits per heavy atom. The van der Waals surface area contributed by atoms with Crippen LogP contribution in [0.1, 0.15) is 32.3 Å². The summed E-state index contributed by atoms with van der Waals surface area (Å²) in [4.78, 5) is 68.0. The number of fused-ring (bicyclic) bond motifs is 1. The molecule has 34 heavy (non-hydrogen) atoms. The van der Waals surface area contributed by atoms with Gasteiger partial charge in [0.25, 0.3) is 11.8 Å². The van der Waals surface area contributed by atoms with Crippen LogP contribution in [-0.4, -0.2) is 60.7 Å². The number of carbonyl (C=O) groups is 4. The number of hydrogen-bond donors (Lipinski definition) is 2. The van der Waals surface area contributed by atoms with Crippen LogP contribution in [0.5, 0.6) is 0 Å². The van der Waals surface area contributed by atoms with Crippen molar-refractivity contribution >= 4 is 40.6 Å². The van der Waals surface area contributed by atoms with Crippen molar-refractivity contribution in [2.75, 3.05) is 31.7 Å². The second kappa shape index (κ2) is 10.8. The van der Waals surface area contributed by atoms with Crippen molar-refractivity contribution in [2.24, 2.45) is 0 Å². The van der Waals surface area contributed by atoms with E-state index in [1.807, 2.05) is 18.7 Å². The Bertz CT molecular complexity index is 1140. The number of anilines is 1. The molecule has 0 unspecified atom stereocenters. The summed E-state index contributed by atoms with van der Waals surface area (Å²) in [7, 11) is 1.54. The minimum Gasteiger partial charge on any atom is -0.423 e. The zero-order valence-corrected chi connectivity index (χ0v) is 19.3. The number of rotatable bonds is 8. The average molecular weight is 473 g/mol. The number of carbonyl (C=O) groups excluding carboxylic acids is 4. The fourth-order valence-electron chi connectivity index (χ4n) is 3.38. The Labute approximate surface area is 195 Å². The maximum atomic E-state index is 12.7. The summed E-state index contributed by atoms with van der Waals surface area (Å²) in [5.74, 6) is -1.15. The molecule has 0 radical (unpaired) electrons. The van der Waals surface area contributed by atoms with Crippen molar-refractivity contribution in [3.8, 4) is 0 Å². The number of amides is 5. The summed E-state index contributed by atoms with van der Waals surface area (Å²) in [6, 6.07) is 5.66. The molecule has 3 rings (SSSR count). The maximum Gasteiger partial charge on any atom is 0.432 e. The number of nitrogens with one attached hydrogen (secondary N) is 2. The molecule has 1 saturated heterocycles. The first-order chi connectivity index (χ1) is 16.2. The molecular formula is C22H27N5O7. The SMILES string of the molecule is CCN(CC)CNC(=O)N(C)c1cc(=O)oc2ccc(CNC(=O)ON3C(=O)CCC3=O)cc12. The topological polar surface area (TPSA) is 142 Å². The second-order valence-corrected chi connectivity index (χ2v) is 7.60. The van der Waals surface area contributed by atoms with Gasteiger partial charge in [-0.15, -0.1) is 5.06 Å². The molecular weight excluding hydrogens is 446 g/mol. The van der Waals surface area contributed by atoms with Gasteiger partial charge in [0.15, 0.2) is 0 Å². The molecule has 12 heteroatoms. The lowest BCUT2D eigenvalue weighted by Gasteiger charge is -2.23. The van der Waals surface area contributed by atoms with E-state index in [0.717, 1.165) is 13.1 Å². The Morgan fingerprint density at radius 2 is 1.74 bits per heavy atom. The van der Waals surface area contributed by atoms with E-state index in [4.69, 9.17) is 9.25 Å². The first-order valence-corrected chi connectivity index (χ1v) is 10.9. The minimum absolute atomic E-state index is 0.000776. The zero-order valence-electron chi connectivity index (χ0n) is 19.3. The molecule has 0 bridgehead atoms. The molecule has 2 aromatic rings. The molecule has 0 aliphatic carbocycles. The molecule has 0 saturated carbocycles. The van der Waals surface area contributed by atoms with E-state index in [1.165, 1.54) is 18.0 Å². The molecule has 2 heterocycles. The highest BCUT2D eigenvalue weighted by Crippen LogP contribution is 2.26. The molecule has 1 aromatic carbocycles. The fourth-order valence-corrected chi connectivity index (χ4v) is 3.38. The van der Waals surface area contributed by atoms with Gasteiger partial charge in [0, 0.05) is 37.9 Å². The lowest BCUT2D eigenvalue weighted by Crippen LogP contribution is -2.43. The van der Waals surface area contributed by atoms with Crippen LogP contribution in [0.25, 0.3) is 11.0 Å². The number of urea groups is 1. The number of nitrogens with zero attached hydrogens (tertiary/aromatic N) is 3. The number of hydrogen-bond acceptors (Lipinski definition) is 8. The van der Waals surface area contributed by atoms with E-state index in [9.17, 15) is 24.0 Å². The molecule has 1 aliphatic heterocycles. The first-order valence-electron chi connectivity index (χ1n) is 10.9. The van der Waals surface area contributed by atoms with Crippen LogP contribution in [0.2, 0.25) is 0 Å². The van der Waals surface area contributed by atoms with Gasteiger partial charge in [-0.1, -0.05) is 19.9 Å². The minimum atomic E-state index is -0.962. The maximum absolute atomic E-state index is 12.7. The van der Waals surface area contributed by atoms with Gasteiger partial charge < -0.3 is 19.9 Å². The normalized spacial score (nSPS) is 13.5. The van der Waals surface area contributed by atoms with Gasteiger partial charge in [0.2, 0.25) is 0 Å². The largest absolute Gasteiger partial charge is 0.432 e. The molecule has 5 amide bonds. The van der Waals surface area contributed by atoms with Gasteiger partial charge in [0.05, 0.1) is 12.4 Å². The van der Waals surface area contributed by atoms with Crippen molar-refractivity contribution in [1.82, 2.24) is 20.6 Å². The molecule has 0 spiro atoms. The molecule has 0 atom stereocenters. The standard InChI is InChI=1S/C22H27N5O7/c1-4-26(5-2)13-24-21(31)25(3)16-11-20(30)33-17-7-6-14(10-15(16)17)12-23-22(32)34-27-18(28)8-9-19(27)29/h6-7,10-11H,4-5,8-9,12-13H2,1-3H3,(H,23,32)(H,24,31). The van der Waals surface area contributed by atoms with Crippen molar-refractivity contribution < 1.29 is 28.4 Å². The molecule has 12 nitrogen and oxygen atoms in total. The number of hydroxylamine groups is 2. The molecule has 2 N–H and O–H groups in total. The van der Waals surface area contributed by atoms with Gasteiger partial charge >= 0.3 is 17.7 Å². The van der Waals surface area contributed by atoms with Crippen LogP contribution in [0, 0.1) is 0 Å². The summed E-state index contributed by atoms with van der Waals surface area (Å²) < 4.78 is 5.24. The Balaban J connectivity index is 1.74. The summed E-state index contributed by atoms with van der Waals surface area (Å²) in [5.41, 5.74) is 0.599. The van der Waals surface area contributed by atoms with E-state index in [0.29, 0.717) is 28.4 Å². The van der Waals surface area contributed by atoms with Gasteiger partial charge in [-0.05, 0) is 30.8 Å². The number of benzene rings is 1. The highest BCUT2D eigenvalue weighted by Gasteiger charge is 2.32. The van der Waals surface area contributed by atoms with E-state index in [1.54, 1.807) is 18.2 Å². The molecule has 182 valence electrons. The molecule has 1 fully saturated rings. The fraction of sp³-hybridized carbons (Fsp3) is 0.409. The van der Waals surface area contributed by atoms with Crippen LogP contribution >= 0.6 is 0 Å². The third-order valence-electron chi connectivity index (χ3n) is 5.42. The molecule has 1 aromatic heterocycles. The monoisotopic (exact) mass is 473 g/mol. The van der Waals surface area contributed by atoms with Crippen molar-refractivity contribution in [3.63, 3.8) is 0 Å². The van der Waals surface area contributed by atoms with E-state index >= 15 is 0 Å². The van der Waals surface area contributed by atoms with Crippen molar-refractivity contribution in [2.45, 2.75) is 33.2 Å². The predicted molar refractivity (Wildman–Crippen MR) is 122 cm³/mol. The van der Waals surface area contributed by atoms with Gasteiger partial charge in [-0.3, -0.25) is 19.4 Å². The van der Waals surface area contributed by atoms with Crippen LogP contribution < -0.4 is 21.2 Å². The Morgan fingerprint density at radius 1 is 1.06 bits per heavy atom. The lowest BCUT2D eigenvalue weighted by molar-refractivity contribution is -0.171. The van der Waals surface area contributed by atoms with Crippen molar-refractivity contribution in [3.05, 3.63) is 40.2 Å². The Hall–Kier alpha value is -3.93. The number of imide groups is 1. The van der Waals surface area contributed by atoms with E-state index in [-0.39, 0.29) is 25.0 Å². The summed E-state index contributed by atoms with van der Waals surface area (Å²) >= 11 is 0. The van der Waals surface area contributed by atoms with Gasteiger partial charge in [0.1, 0.15) is 5.58 Å². The Kier molecular flexibility index (Phi) is 7.84. The highest BCUT2D eigenvalue weighted by molar-refractivity contribution is 6.02. The van der Waals surface area contributed by atoms with Gasteiger partial charge in [-0.2, -0.15) is 0 Å². The van der Waals surface area contributed by atoms with Crippen LogP contribution in [0.3, 0.4) is 0 Å². The average Bonchev–Trinajstić information content (AvgIpc) is 3.14. The van der Waals surface area contributed by atoms with E-state index in [2.05, 4.69) is 10.6 Å². The third kappa shape index (κ3) is 5.70. The van der Waals surface area contributed by atoms with Gasteiger partial charge in [-0.25, -0.2) is 14.4 Å². The smallest absolute Gasteiger partial charge is 0.423 e. The second-order valence-electron chi connectivity index (χ2n) is 7.60. The van der Waals surface area contributed by atoms with Crippen LogP contribution in [0.4, 0.5) is 15.3 Å². The lowest BCUT2D eigenvalue weighted by atomic mass is 10.1. The summed E-state index contributed by atoms with van der Waals surface area (Å²) in [5, 5.41) is 6.21. The molecule has 1 aliphatic rings. The summed E-state index contributed by atoms with van der Waals surface area (Å²) in [6.45, 7) is 5.88.